The van der Waals surface area contributed by atoms with Gasteiger partial charge in [0.1, 0.15) is 0 Å². The van der Waals surface area contributed by atoms with E-state index in [2.05, 4.69) is 10.0 Å². The van der Waals surface area contributed by atoms with E-state index in [0.29, 0.717) is 29.5 Å². The lowest BCUT2D eigenvalue weighted by molar-refractivity contribution is 0.0943. The minimum absolute atomic E-state index is 0.0635. The summed E-state index contributed by atoms with van der Waals surface area (Å²) in [4.78, 5) is 12.6. The van der Waals surface area contributed by atoms with Crippen LogP contribution in [0.4, 0.5) is 0 Å². The molecule has 2 aromatic rings. The SMILES string of the molecule is O=C(NCC1CCCCC1)c1cccc(S(=O)(=O)NCc2ccc3c(c2)OCO3)c1. The molecule has 30 heavy (non-hydrogen) atoms. The van der Waals surface area contributed by atoms with E-state index in [9.17, 15) is 13.2 Å². The number of hydrogen-bond donors (Lipinski definition) is 2. The summed E-state index contributed by atoms with van der Waals surface area (Å²) >= 11 is 0. The van der Waals surface area contributed by atoms with Crippen LogP contribution in [-0.4, -0.2) is 27.7 Å². The fourth-order valence-electron chi connectivity index (χ4n) is 3.85. The Hall–Kier alpha value is -2.58. The van der Waals surface area contributed by atoms with Crippen LogP contribution in [0.25, 0.3) is 0 Å². The molecule has 2 N–H and O–H groups in total. The Morgan fingerprint density at radius 2 is 1.80 bits per heavy atom. The van der Waals surface area contributed by atoms with Gasteiger partial charge in [0.25, 0.3) is 5.91 Å². The molecule has 7 nitrogen and oxygen atoms in total. The first-order valence-corrected chi connectivity index (χ1v) is 11.8. The van der Waals surface area contributed by atoms with Gasteiger partial charge >= 0.3 is 0 Å². The molecule has 2 aromatic carbocycles. The monoisotopic (exact) mass is 430 g/mol. The van der Waals surface area contributed by atoms with Gasteiger partial charge in [0, 0.05) is 18.7 Å². The first-order chi connectivity index (χ1) is 14.5. The van der Waals surface area contributed by atoms with E-state index in [1.54, 1.807) is 30.3 Å². The molecule has 1 fully saturated rings. The van der Waals surface area contributed by atoms with E-state index in [4.69, 9.17) is 9.47 Å². The van der Waals surface area contributed by atoms with Crippen LogP contribution in [0.1, 0.15) is 48.0 Å². The first kappa shape index (κ1) is 20.7. The number of ether oxygens (including phenoxy) is 2. The Kier molecular flexibility index (Phi) is 6.24. The Balaban J connectivity index is 1.38. The van der Waals surface area contributed by atoms with Crippen molar-refractivity contribution in [2.75, 3.05) is 13.3 Å². The van der Waals surface area contributed by atoms with Crippen LogP contribution < -0.4 is 19.5 Å². The molecule has 0 saturated heterocycles. The van der Waals surface area contributed by atoms with E-state index in [0.717, 1.165) is 18.4 Å². The standard InChI is InChI=1S/C22H26N2O5S/c25-22(23-13-16-5-2-1-3-6-16)18-7-4-8-19(12-18)30(26,27)24-14-17-9-10-20-21(11-17)29-15-28-20/h4,7-12,16,24H,1-3,5-6,13-15H2,(H,23,25). The zero-order valence-electron chi connectivity index (χ0n) is 16.7. The summed E-state index contributed by atoms with van der Waals surface area (Å²) in [5.41, 5.74) is 1.10. The molecule has 0 radical (unpaired) electrons. The zero-order chi connectivity index (χ0) is 21.0. The zero-order valence-corrected chi connectivity index (χ0v) is 17.5. The summed E-state index contributed by atoms with van der Waals surface area (Å²) in [7, 11) is -3.77. The second-order valence-electron chi connectivity index (χ2n) is 7.75. The minimum atomic E-state index is -3.77. The molecule has 1 heterocycles. The van der Waals surface area contributed by atoms with Gasteiger partial charge in [-0.2, -0.15) is 0 Å². The number of nitrogens with one attached hydrogen (secondary N) is 2. The molecule has 1 amide bonds. The highest BCUT2D eigenvalue weighted by atomic mass is 32.2. The van der Waals surface area contributed by atoms with E-state index in [1.165, 1.54) is 31.4 Å². The lowest BCUT2D eigenvalue weighted by Gasteiger charge is -2.21. The Morgan fingerprint density at radius 1 is 1.00 bits per heavy atom. The summed E-state index contributed by atoms with van der Waals surface area (Å²) in [5.74, 6) is 1.52. The molecular formula is C22H26N2O5S. The van der Waals surface area contributed by atoms with Crippen molar-refractivity contribution in [2.45, 2.75) is 43.5 Å². The smallest absolute Gasteiger partial charge is 0.251 e. The molecule has 160 valence electrons. The largest absolute Gasteiger partial charge is 0.454 e. The number of benzene rings is 2. The van der Waals surface area contributed by atoms with Gasteiger partial charge in [-0.1, -0.05) is 31.4 Å². The van der Waals surface area contributed by atoms with Crippen molar-refractivity contribution in [3.05, 3.63) is 53.6 Å². The number of fused-ring (bicyclic) bond motifs is 1. The fourth-order valence-corrected chi connectivity index (χ4v) is 4.91. The second-order valence-corrected chi connectivity index (χ2v) is 9.52. The normalized spacial score (nSPS) is 16.4. The Labute approximate surface area is 176 Å². The highest BCUT2D eigenvalue weighted by molar-refractivity contribution is 7.89. The van der Waals surface area contributed by atoms with E-state index < -0.39 is 10.0 Å². The maximum Gasteiger partial charge on any atom is 0.251 e. The van der Waals surface area contributed by atoms with E-state index >= 15 is 0 Å². The van der Waals surface area contributed by atoms with Crippen LogP contribution >= 0.6 is 0 Å². The lowest BCUT2D eigenvalue weighted by Crippen LogP contribution is -2.30. The fraction of sp³-hybridized carbons (Fsp3) is 0.409. The van der Waals surface area contributed by atoms with Crippen LogP contribution in [0.5, 0.6) is 11.5 Å². The predicted molar refractivity (Wildman–Crippen MR) is 112 cm³/mol. The number of rotatable bonds is 7. The van der Waals surface area contributed by atoms with Gasteiger partial charge in [-0.15, -0.1) is 0 Å². The number of sulfonamides is 1. The van der Waals surface area contributed by atoms with Crippen molar-refractivity contribution < 1.29 is 22.7 Å². The van der Waals surface area contributed by atoms with Gasteiger partial charge in [0.2, 0.25) is 16.8 Å². The van der Waals surface area contributed by atoms with Gasteiger partial charge in [0.15, 0.2) is 11.5 Å². The number of carbonyl (C=O) groups excluding carboxylic acids is 1. The highest BCUT2D eigenvalue weighted by Crippen LogP contribution is 2.32. The first-order valence-electron chi connectivity index (χ1n) is 10.3. The van der Waals surface area contributed by atoms with Crippen LogP contribution in [-0.2, 0) is 16.6 Å². The van der Waals surface area contributed by atoms with Crippen LogP contribution in [0.2, 0.25) is 0 Å². The van der Waals surface area contributed by atoms with Crippen molar-refractivity contribution in [3.63, 3.8) is 0 Å². The average molecular weight is 431 g/mol. The highest BCUT2D eigenvalue weighted by Gasteiger charge is 2.19. The van der Waals surface area contributed by atoms with Crippen molar-refractivity contribution in [2.24, 2.45) is 5.92 Å². The van der Waals surface area contributed by atoms with E-state index in [1.807, 2.05) is 0 Å². The molecule has 1 aliphatic heterocycles. The summed E-state index contributed by atoms with van der Waals surface area (Å²) in [6.07, 6.45) is 5.97. The van der Waals surface area contributed by atoms with Crippen molar-refractivity contribution in [3.8, 4) is 11.5 Å². The number of amides is 1. The van der Waals surface area contributed by atoms with Gasteiger partial charge in [-0.3, -0.25) is 4.79 Å². The third-order valence-electron chi connectivity index (χ3n) is 5.59. The summed E-state index contributed by atoms with van der Waals surface area (Å²) in [5, 5.41) is 2.95. The molecule has 0 bridgehead atoms. The predicted octanol–water partition coefficient (Wildman–Crippen LogP) is 3.20. The average Bonchev–Trinajstić information content (AvgIpc) is 3.25. The van der Waals surface area contributed by atoms with Gasteiger partial charge in [0.05, 0.1) is 4.90 Å². The minimum Gasteiger partial charge on any atom is -0.454 e. The molecule has 1 aliphatic carbocycles. The number of hydrogen-bond acceptors (Lipinski definition) is 5. The van der Waals surface area contributed by atoms with Crippen molar-refractivity contribution >= 4 is 15.9 Å². The lowest BCUT2D eigenvalue weighted by atomic mass is 9.89. The summed E-state index contributed by atoms with van der Waals surface area (Å²) in [6.45, 7) is 0.912. The topological polar surface area (TPSA) is 93.7 Å². The molecule has 0 atom stereocenters. The van der Waals surface area contributed by atoms with Gasteiger partial charge in [-0.05, 0) is 54.7 Å². The third kappa shape index (κ3) is 4.94. The molecule has 0 spiro atoms. The van der Waals surface area contributed by atoms with Crippen molar-refractivity contribution in [1.82, 2.24) is 10.0 Å². The number of carbonyl (C=O) groups is 1. The van der Waals surface area contributed by atoms with Crippen LogP contribution in [0.3, 0.4) is 0 Å². The Morgan fingerprint density at radius 3 is 2.63 bits per heavy atom. The molecular weight excluding hydrogens is 404 g/mol. The summed E-state index contributed by atoms with van der Waals surface area (Å²) in [6, 6.07) is 11.4. The van der Waals surface area contributed by atoms with Crippen molar-refractivity contribution in [1.29, 1.82) is 0 Å². The second kappa shape index (κ2) is 9.06. The molecule has 0 aromatic heterocycles. The molecule has 1 saturated carbocycles. The van der Waals surface area contributed by atoms with Crippen LogP contribution in [0, 0.1) is 5.92 Å². The maximum atomic E-state index is 12.7. The van der Waals surface area contributed by atoms with Gasteiger partial charge in [-0.25, -0.2) is 13.1 Å². The molecule has 2 aliphatic rings. The van der Waals surface area contributed by atoms with Gasteiger partial charge < -0.3 is 14.8 Å². The Bertz CT molecular complexity index is 1020. The molecule has 4 rings (SSSR count). The molecule has 8 heteroatoms. The maximum absolute atomic E-state index is 12.7. The summed E-state index contributed by atoms with van der Waals surface area (Å²) < 4.78 is 38.6. The van der Waals surface area contributed by atoms with Crippen LogP contribution in [0.15, 0.2) is 47.4 Å². The quantitative estimate of drug-likeness (QED) is 0.704. The third-order valence-corrected chi connectivity index (χ3v) is 6.98. The molecule has 0 unspecified atom stereocenters. The van der Waals surface area contributed by atoms with E-state index in [-0.39, 0.29) is 24.1 Å².